The molecule has 4 heteroatoms. The van der Waals surface area contributed by atoms with Crippen molar-refractivity contribution in [2.45, 2.75) is 6.18 Å². The van der Waals surface area contributed by atoms with Gasteiger partial charge >= 0.3 is 6.18 Å². The van der Waals surface area contributed by atoms with Crippen LogP contribution in [-0.2, 0) is 0 Å². The van der Waals surface area contributed by atoms with E-state index in [4.69, 9.17) is 0 Å². The van der Waals surface area contributed by atoms with Crippen LogP contribution in [0.5, 0.6) is 0 Å². The number of hydrogen-bond acceptors (Lipinski definition) is 1. The lowest BCUT2D eigenvalue weighted by atomic mass is 10.5. The standard InChI is InChI=1S/C5H3F3S/c6-5(7,8)4-2-1-3-9-4/h1H,3H2. The molecule has 1 aliphatic heterocycles. The summed E-state index contributed by atoms with van der Waals surface area (Å²) in [5.74, 6) is 0.398. The fraction of sp³-hybridized carbons (Fsp3) is 0.400. The topological polar surface area (TPSA) is 0 Å². The van der Waals surface area contributed by atoms with Crippen molar-refractivity contribution in [2.24, 2.45) is 0 Å². The summed E-state index contributed by atoms with van der Waals surface area (Å²) < 4.78 is 34.9. The van der Waals surface area contributed by atoms with Gasteiger partial charge in [-0.25, -0.2) is 0 Å². The highest BCUT2D eigenvalue weighted by atomic mass is 32.2. The fourth-order valence-electron chi connectivity index (χ4n) is 0.465. The highest BCUT2D eigenvalue weighted by Crippen LogP contribution is 2.35. The molecule has 1 rings (SSSR count). The Kier molecular flexibility index (Phi) is 1.60. The van der Waals surface area contributed by atoms with Crippen LogP contribution in [0.25, 0.3) is 0 Å². The van der Waals surface area contributed by atoms with Gasteiger partial charge in [-0.15, -0.1) is 17.5 Å². The van der Waals surface area contributed by atoms with Crippen LogP contribution >= 0.6 is 11.8 Å². The lowest BCUT2D eigenvalue weighted by Crippen LogP contribution is -2.06. The van der Waals surface area contributed by atoms with E-state index in [-0.39, 0.29) is 0 Å². The Bertz CT molecular complexity index is 173. The zero-order chi connectivity index (χ0) is 6.91. The van der Waals surface area contributed by atoms with Gasteiger partial charge in [0.1, 0.15) is 4.91 Å². The molecule has 0 unspecified atom stereocenters. The quantitative estimate of drug-likeness (QED) is 0.480. The predicted octanol–water partition coefficient (Wildman–Crippen LogP) is 2.33. The monoisotopic (exact) mass is 152 g/mol. The second-order valence-electron chi connectivity index (χ2n) is 1.49. The van der Waals surface area contributed by atoms with E-state index in [9.17, 15) is 13.2 Å². The summed E-state index contributed by atoms with van der Waals surface area (Å²) in [7, 11) is 0. The highest BCUT2D eigenvalue weighted by Gasteiger charge is 2.34. The van der Waals surface area contributed by atoms with Crippen LogP contribution in [0.2, 0.25) is 0 Å². The Hall–Kier alpha value is -0.340. The van der Waals surface area contributed by atoms with Crippen LogP contribution in [-0.4, -0.2) is 11.9 Å². The molecular formula is C5H3F3S. The molecule has 0 bridgehead atoms. The molecule has 0 spiro atoms. The summed E-state index contributed by atoms with van der Waals surface area (Å²) in [4.78, 5) is -0.609. The SMILES string of the molecule is FC(F)(F)C1=C=CCS1. The fourth-order valence-corrected chi connectivity index (χ4v) is 1.13. The Morgan fingerprint density at radius 1 is 1.56 bits per heavy atom. The maximum absolute atomic E-state index is 11.6. The minimum absolute atomic E-state index is 0.398. The Balaban J connectivity index is 2.75. The van der Waals surface area contributed by atoms with E-state index in [1.165, 1.54) is 6.08 Å². The third kappa shape index (κ3) is 1.53. The first kappa shape index (κ1) is 6.78. The van der Waals surface area contributed by atoms with Crippen LogP contribution in [0.15, 0.2) is 16.7 Å². The molecular weight excluding hydrogens is 149 g/mol. The van der Waals surface area contributed by atoms with Crippen LogP contribution in [0.3, 0.4) is 0 Å². The molecule has 0 aromatic rings. The summed E-state index contributed by atoms with van der Waals surface area (Å²) >= 11 is 0.774. The van der Waals surface area contributed by atoms with Crippen LogP contribution in [0, 0.1) is 0 Å². The average molecular weight is 152 g/mol. The first-order valence-electron chi connectivity index (χ1n) is 2.26. The zero-order valence-corrected chi connectivity index (χ0v) is 5.14. The van der Waals surface area contributed by atoms with Gasteiger partial charge in [0.2, 0.25) is 0 Å². The van der Waals surface area contributed by atoms with E-state index in [2.05, 4.69) is 5.73 Å². The Morgan fingerprint density at radius 2 is 2.22 bits per heavy atom. The van der Waals surface area contributed by atoms with Crippen molar-refractivity contribution >= 4 is 11.8 Å². The highest BCUT2D eigenvalue weighted by molar-refractivity contribution is 8.03. The second-order valence-corrected chi connectivity index (χ2v) is 2.52. The number of halogens is 3. The van der Waals surface area contributed by atoms with Gasteiger partial charge in [0.05, 0.1) is 0 Å². The van der Waals surface area contributed by atoms with Crippen LogP contribution in [0.4, 0.5) is 13.2 Å². The van der Waals surface area contributed by atoms with Crippen molar-refractivity contribution in [1.82, 2.24) is 0 Å². The van der Waals surface area contributed by atoms with E-state index >= 15 is 0 Å². The van der Waals surface area contributed by atoms with Gasteiger partial charge < -0.3 is 0 Å². The third-order valence-electron chi connectivity index (χ3n) is 0.802. The lowest BCUT2D eigenvalue weighted by Gasteiger charge is -2.02. The average Bonchev–Trinajstić information content (AvgIpc) is 2.08. The minimum Gasteiger partial charge on any atom is -0.165 e. The molecule has 0 radical (unpaired) electrons. The van der Waals surface area contributed by atoms with E-state index in [0.29, 0.717) is 5.75 Å². The minimum atomic E-state index is -4.18. The smallest absolute Gasteiger partial charge is 0.165 e. The summed E-state index contributed by atoms with van der Waals surface area (Å²) in [6, 6.07) is 0. The number of rotatable bonds is 0. The van der Waals surface area contributed by atoms with Gasteiger partial charge in [-0.3, -0.25) is 0 Å². The van der Waals surface area contributed by atoms with Crippen LogP contribution < -0.4 is 0 Å². The molecule has 0 fully saturated rings. The van der Waals surface area contributed by atoms with Crippen molar-refractivity contribution in [3.8, 4) is 0 Å². The normalized spacial score (nSPS) is 18.3. The summed E-state index contributed by atoms with van der Waals surface area (Å²) in [6.45, 7) is 0. The zero-order valence-electron chi connectivity index (χ0n) is 4.33. The van der Waals surface area contributed by atoms with E-state index < -0.39 is 11.1 Å². The maximum atomic E-state index is 11.6. The Labute approximate surface area is 54.4 Å². The maximum Gasteiger partial charge on any atom is 0.429 e. The first-order valence-corrected chi connectivity index (χ1v) is 3.24. The first-order chi connectivity index (χ1) is 4.11. The van der Waals surface area contributed by atoms with Gasteiger partial charge in [-0.2, -0.15) is 13.2 Å². The molecule has 1 heterocycles. The lowest BCUT2D eigenvalue weighted by molar-refractivity contribution is -0.0833. The molecule has 0 atom stereocenters. The predicted molar refractivity (Wildman–Crippen MR) is 30.1 cm³/mol. The molecule has 0 N–H and O–H groups in total. The van der Waals surface area contributed by atoms with Gasteiger partial charge in [0.25, 0.3) is 0 Å². The third-order valence-corrected chi connectivity index (χ3v) is 1.77. The summed E-state index contributed by atoms with van der Waals surface area (Å²) in [5.41, 5.74) is 2.13. The molecule has 0 amide bonds. The van der Waals surface area contributed by atoms with E-state index in [1.807, 2.05) is 0 Å². The molecule has 1 aliphatic rings. The molecule has 0 nitrogen and oxygen atoms in total. The molecule has 0 saturated carbocycles. The molecule has 0 aromatic carbocycles. The largest absolute Gasteiger partial charge is 0.429 e. The van der Waals surface area contributed by atoms with Crippen molar-refractivity contribution in [3.05, 3.63) is 16.7 Å². The van der Waals surface area contributed by atoms with Gasteiger partial charge in [-0.1, -0.05) is 0 Å². The summed E-state index contributed by atoms with van der Waals surface area (Å²) in [5, 5.41) is 0. The second kappa shape index (κ2) is 2.12. The molecule has 9 heavy (non-hydrogen) atoms. The van der Waals surface area contributed by atoms with Gasteiger partial charge in [-0.05, 0) is 6.08 Å². The number of thioether (sulfide) groups is 1. The Morgan fingerprint density at radius 3 is 2.44 bits per heavy atom. The van der Waals surface area contributed by atoms with Gasteiger partial charge in [0, 0.05) is 5.75 Å². The van der Waals surface area contributed by atoms with E-state index in [0.717, 1.165) is 11.8 Å². The van der Waals surface area contributed by atoms with Crippen molar-refractivity contribution in [3.63, 3.8) is 0 Å². The molecule has 0 aromatic heterocycles. The van der Waals surface area contributed by atoms with E-state index in [1.54, 1.807) is 0 Å². The van der Waals surface area contributed by atoms with Crippen molar-refractivity contribution < 1.29 is 13.2 Å². The van der Waals surface area contributed by atoms with Crippen LogP contribution in [0.1, 0.15) is 0 Å². The van der Waals surface area contributed by atoms with Gasteiger partial charge in [0.15, 0.2) is 0 Å². The molecule has 50 valence electrons. The van der Waals surface area contributed by atoms with Crippen molar-refractivity contribution in [1.29, 1.82) is 0 Å². The molecule has 0 saturated heterocycles. The number of hydrogen-bond donors (Lipinski definition) is 0. The molecule has 0 aliphatic carbocycles. The summed E-state index contributed by atoms with van der Waals surface area (Å²) in [6.07, 6.45) is -2.80. The number of alkyl halides is 3. The van der Waals surface area contributed by atoms with Crippen molar-refractivity contribution in [2.75, 3.05) is 5.75 Å².